The lowest BCUT2D eigenvalue weighted by molar-refractivity contribution is 0.1000. The number of rotatable bonds is 3. The van der Waals surface area contributed by atoms with Gasteiger partial charge in [0.1, 0.15) is 0 Å². The highest BCUT2D eigenvalue weighted by Gasteiger charge is 2.06. The standard InChI is InChI=1S/C11H11BrN4O/c12-9-2-1-7(10(13)3-9)5-16-6-8(4-15-16)11(14)17/h1-4,6H,5,13H2,(H2,14,17). The number of anilines is 1. The van der Waals surface area contributed by atoms with Gasteiger partial charge in [0, 0.05) is 16.4 Å². The molecule has 0 unspecified atom stereocenters. The molecule has 0 spiro atoms. The van der Waals surface area contributed by atoms with Crippen LogP contribution in [0.15, 0.2) is 35.1 Å². The Balaban J connectivity index is 2.22. The van der Waals surface area contributed by atoms with Crippen LogP contribution in [0.1, 0.15) is 15.9 Å². The van der Waals surface area contributed by atoms with E-state index in [1.807, 2.05) is 18.2 Å². The van der Waals surface area contributed by atoms with Crippen LogP contribution in [0.5, 0.6) is 0 Å². The molecule has 88 valence electrons. The maximum absolute atomic E-state index is 10.9. The average molecular weight is 295 g/mol. The Hall–Kier alpha value is -1.82. The first-order chi connectivity index (χ1) is 8.06. The van der Waals surface area contributed by atoms with Crippen LogP contribution in [-0.4, -0.2) is 15.7 Å². The van der Waals surface area contributed by atoms with Crippen LogP contribution in [0.3, 0.4) is 0 Å². The van der Waals surface area contributed by atoms with Crippen molar-refractivity contribution in [2.75, 3.05) is 5.73 Å². The number of hydrogen-bond acceptors (Lipinski definition) is 3. The fraction of sp³-hybridized carbons (Fsp3) is 0.0909. The van der Waals surface area contributed by atoms with Gasteiger partial charge in [-0.3, -0.25) is 9.48 Å². The summed E-state index contributed by atoms with van der Waals surface area (Å²) in [4.78, 5) is 10.9. The van der Waals surface area contributed by atoms with Crippen molar-refractivity contribution in [1.82, 2.24) is 9.78 Å². The molecule has 0 aliphatic rings. The molecule has 2 aromatic rings. The molecule has 0 radical (unpaired) electrons. The summed E-state index contributed by atoms with van der Waals surface area (Å²) < 4.78 is 2.55. The number of primary amides is 1. The minimum Gasteiger partial charge on any atom is -0.398 e. The Labute approximate surface area is 107 Å². The summed E-state index contributed by atoms with van der Waals surface area (Å²) in [6.45, 7) is 0.506. The number of amides is 1. The van der Waals surface area contributed by atoms with E-state index >= 15 is 0 Å². The molecule has 0 bridgehead atoms. The van der Waals surface area contributed by atoms with Crippen LogP contribution in [-0.2, 0) is 6.54 Å². The van der Waals surface area contributed by atoms with Gasteiger partial charge in [-0.25, -0.2) is 0 Å². The van der Waals surface area contributed by atoms with Crippen LogP contribution >= 0.6 is 15.9 Å². The maximum atomic E-state index is 10.9. The molecule has 17 heavy (non-hydrogen) atoms. The Morgan fingerprint density at radius 1 is 1.47 bits per heavy atom. The summed E-state index contributed by atoms with van der Waals surface area (Å²) in [5.74, 6) is -0.486. The third kappa shape index (κ3) is 2.65. The van der Waals surface area contributed by atoms with Crippen molar-refractivity contribution in [3.8, 4) is 0 Å². The summed E-state index contributed by atoms with van der Waals surface area (Å²) in [5.41, 5.74) is 13.0. The highest BCUT2D eigenvalue weighted by Crippen LogP contribution is 2.19. The Morgan fingerprint density at radius 2 is 2.24 bits per heavy atom. The van der Waals surface area contributed by atoms with E-state index in [1.165, 1.54) is 6.20 Å². The highest BCUT2D eigenvalue weighted by atomic mass is 79.9. The molecule has 2 rings (SSSR count). The van der Waals surface area contributed by atoms with Gasteiger partial charge in [0.2, 0.25) is 0 Å². The third-order valence-corrected chi connectivity index (χ3v) is 2.85. The largest absolute Gasteiger partial charge is 0.398 e. The van der Waals surface area contributed by atoms with Gasteiger partial charge in [-0.15, -0.1) is 0 Å². The SMILES string of the molecule is NC(=O)c1cnn(Cc2ccc(Br)cc2N)c1. The van der Waals surface area contributed by atoms with Crippen LogP contribution in [0, 0.1) is 0 Å². The number of nitrogens with two attached hydrogens (primary N) is 2. The van der Waals surface area contributed by atoms with Gasteiger partial charge in [-0.1, -0.05) is 22.0 Å². The zero-order valence-corrected chi connectivity index (χ0v) is 10.5. The second kappa shape index (κ2) is 4.58. The second-order valence-electron chi connectivity index (χ2n) is 3.63. The van der Waals surface area contributed by atoms with Gasteiger partial charge in [0.15, 0.2) is 0 Å². The van der Waals surface area contributed by atoms with Crippen molar-refractivity contribution in [3.63, 3.8) is 0 Å². The van der Waals surface area contributed by atoms with E-state index in [1.54, 1.807) is 10.9 Å². The molecular weight excluding hydrogens is 284 g/mol. The highest BCUT2D eigenvalue weighted by molar-refractivity contribution is 9.10. The Kier molecular flexibility index (Phi) is 3.14. The number of benzene rings is 1. The lowest BCUT2D eigenvalue weighted by Gasteiger charge is -2.06. The van der Waals surface area contributed by atoms with E-state index in [0.717, 1.165) is 10.0 Å². The lowest BCUT2D eigenvalue weighted by Crippen LogP contribution is -2.09. The number of nitrogen functional groups attached to an aromatic ring is 1. The molecular formula is C11H11BrN4O. The van der Waals surface area contributed by atoms with E-state index < -0.39 is 5.91 Å². The molecule has 6 heteroatoms. The van der Waals surface area contributed by atoms with Gasteiger partial charge in [-0.2, -0.15) is 5.10 Å². The monoisotopic (exact) mass is 294 g/mol. The predicted octanol–water partition coefficient (Wildman–Crippen LogP) is 1.37. The van der Waals surface area contributed by atoms with Crippen LogP contribution in [0.25, 0.3) is 0 Å². The molecule has 1 amide bonds. The summed E-state index contributed by atoms with van der Waals surface area (Å²) in [6, 6.07) is 5.64. The number of aromatic nitrogens is 2. The fourth-order valence-electron chi connectivity index (χ4n) is 1.46. The minimum absolute atomic E-state index is 0.390. The van der Waals surface area contributed by atoms with Gasteiger partial charge >= 0.3 is 0 Å². The molecule has 1 aromatic heterocycles. The van der Waals surface area contributed by atoms with E-state index in [2.05, 4.69) is 21.0 Å². The zero-order valence-electron chi connectivity index (χ0n) is 8.93. The van der Waals surface area contributed by atoms with Gasteiger partial charge in [0.25, 0.3) is 5.91 Å². The minimum atomic E-state index is -0.486. The summed E-state index contributed by atoms with van der Waals surface area (Å²) in [7, 11) is 0. The average Bonchev–Trinajstić information content (AvgIpc) is 2.71. The molecule has 1 heterocycles. The van der Waals surface area contributed by atoms with E-state index in [9.17, 15) is 4.79 Å². The second-order valence-corrected chi connectivity index (χ2v) is 4.55. The normalized spacial score (nSPS) is 10.4. The van der Waals surface area contributed by atoms with E-state index in [4.69, 9.17) is 11.5 Å². The van der Waals surface area contributed by atoms with Crippen molar-refractivity contribution in [2.24, 2.45) is 5.73 Å². The molecule has 5 nitrogen and oxygen atoms in total. The van der Waals surface area contributed by atoms with Crippen molar-refractivity contribution in [2.45, 2.75) is 6.54 Å². The molecule has 1 aromatic carbocycles. The fourth-order valence-corrected chi connectivity index (χ4v) is 1.84. The summed E-state index contributed by atoms with van der Waals surface area (Å²) in [5, 5.41) is 4.04. The molecule has 4 N–H and O–H groups in total. The quantitative estimate of drug-likeness (QED) is 0.838. The van der Waals surface area contributed by atoms with Gasteiger partial charge in [-0.05, 0) is 17.7 Å². The van der Waals surface area contributed by atoms with Crippen LogP contribution in [0.4, 0.5) is 5.69 Å². The van der Waals surface area contributed by atoms with Crippen molar-refractivity contribution in [1.29, 1.82) is 0 Å². The van der Waals surface area contributed by atoms with Gasteiger partial charge in [0.05, 0.1) is 18.3 Å². The lowest BCUT2D eigenvalue weighted by atomic mass is 10.2. The first kappa shape index (κ1) is 11.7. The van der Waals surface area contributed by atoms with Crippen molar-refractivity contribution in [3.05, 3.63) is 46.2 Å². The van der Waals surface area contributed by atoms with Crippen LogP contribution in [0.2, 0.25) is 0 Å². The first-order valence-electron chi connectivity index (χ1n) is 4.92. The molecule has 0 saturated heterocycles. The Bertz CT molecular complexity index is 564. The Morgan fingerprint density at radius 3 is 2.82 bits per heavy atom. The molecule has 0 aliphatic carbocycles. The number of halogens is 1. The number of carbonyl (C=O) groups is 1. The third-order valence-electron chi connectivity index (χ3n) is 2.36. The van der Waals surface area contributed by atoms with Crippen molar-refractivity contribution >= 4 is 27.5 Å². The molecule has 0 saturated carbocycles. The number of carbonyl (C=O) groups excluding carboxylic acids is 1. The molecule has 0 atom stereocenters. The van der Waals surface area contributed by atoms with E-state index in [0.29, 0.717) is 17.8 Å². The molecule has 0 aliphatic heterocycles. The summed E-state index contributed by atoms with van der Waals surface area (Å²) >= 11 is 3.34. The number of nitrogens with zero attached hydrogens (tertiary/aromatic N) is 2. The first-order valence-corrected chi connectivity index (χ1v) is 5.72. The molecule has 0 fully saturated rings. The van der Waals surface area contributed by atoms with Crippen molar-refractivity contribution < 1.29 is 4.79 Å². The smallest absolute Gasteiger partial charge is 0.251 e. The van der Waals surface area contributed by atoms with E-state index in [-0.39, 0.29) is 0 Å². The van der Waals surface area contributed by atoms with Crippen LogP contribution < -0.4 is 11.5 Å². The maximum Gasteiger partial charge on any atom is 0.251 e. The van der Waals surface area contributed by atoms with Gasteiger partial charge < -0.3 is 11.5 Å². The number of hydrogen-bond donors (Lipinski definition) is 2. The summed E-state index contributed by atoms with van der Waals surface area (Å²) in [6.07, 6.45) is 3.04. The predicted molar refractivity (Wildman–Crippen MR) is 68.4 cm³/mol. The topological polar surface area (TPSA) is 86.9 Å². The zero-order chi connectivity index (χ0) is 12.4.